The van der Waals surface area contributed by atoms with Crippen LogP contribution in [0.4, 0.5) is 10.1 Å². The molecule has 4 nitrogen and oxygen atoms in total. The Hall–Kier alpha value is -2.41. The molecule has 1 aromatic heterocycles. The highest BCUT2D eigenvalue weighted by molar-refractivity contribution is 7.14. The van der Waals surface area contributed by atoms with Crippen molar-refractivity contribution in [2.75, 3.05) is 5.32 Å². The van der Waals surface area contributed by atoms with Crippen LogP contribution in [0.15, 0.2) is 47.8 Å². The summed E-state index contributed by atoms with van der Waals surface area (Å²) in [6.45, 7) is 0. The average molecular weight is 410 g/mol. The number of benzene rings is 2. The number of amides is 1. The summed E-state index contributed by atoms with van der Waals surface area (Å²) in [4.78, 5) is 24.4. The first-order valence-corrected chi connectivity index (χ1v) is 8.87. The predicted octanol–water partition coefficient (Wildman–Crippen LogP) is 5.81. The van der Waals surface area contributed by atoms with Gasteiger partial charge in [-0.05, 0) is 30.3 Å². The van der Waals surface area contributed by atoms with Crippen molar-refractivity contribution in [3.05, 3.63) is 74.8 Å². The van der Waals surface area contributed by atoms with Gasteiger partial charge in [0.05, 0.1) is 15.6 Å². The first-order chi connectivity index (χ1) is 12.4. The molecule has 0 aliphatic carbocycles. The zero-order chi connectivity index (χ0) is 18.8. The van der Waals surface area contributed by atoms with Crippen LogP contribution in [0, 0.1) is 5.82 Å². The lowest BCUT2D eigenvalue weighted by Crippen LogP contribution is -2.14. The highest BCUT2D eigenvalue weighted by Crippen LogP contribution is 2.40. The number of carbonyl (C=O) groups excluding carboxylic acids is 1. The highest BCUT2D eigenvalue weighted by atomic mass is 35.5. The normalized spacial score (nSPS) is 10.6. The van der Waals surface area contributed by atoms with Crippen molar-refractivity contribution in [1.29, 1.82) is 0 Å². The molecule has 3 rings (SSSR count). The lowest BCUT2D eigenvalue weighted by Gasteiger charge is -2.07. The molecule has 0 saturated heterocycles. The molecule has 1 heterocycles. The van der Waals surface area contributed by atoms with E-state index in [1.54, 1.807) is 12.1 Å². The van der Waals surface area contributed by atoms with Crippen molar-refractivity contribution in [1.82, 2.24) is 0 Å². The van der Waals surface area contributed by atoms with Gasteiger partial charge in [-0.15, -0.1) is 11.3 Å². The Morgan fingerprint density at radius 1 is 1.12 bits per heavy atom. The first-order valence-electron chi connectivity index (χ1n) is 7.24. The maximum absolute atomic E-state index is 13.3. The van der Waals surface area contributed by atoms with Crippen molar-refractivity contribution < 1.29 is 19.1 Å². The number of aromatic carboxylic acids is 1. The number of thiophene rings is 1. The molecule has 0 fully saturated rings. The van der Waals surface area contributed by atoms with Gasteiger partial charge in [0.2, 0.25) is 0 Å². The summed E-state index contributed by atoms with van der Waals surface area (Å²) >= 11 is 13.2. The second-order valence-electron chi connectivity index (χ2n) is 5.25. The molecule has 0 atom stereocenters. The smallest absolute Gasteiger partial charge is 0.339 e. The summed E-state index contributed by atoms with van der Waals surface area (Å²) in [5, 5.41) is 14.3. The summed E-state index contributed by atoms with van der Waals surface area (Å²) in [5.41, 5.74) is 0.588. The highest BCUT2D eigenvalue weighted by Gasteiger charge is 2.23. The van der Waals surface area contributed by atoms with Gasteiger partial charge in [-0.2, -0.15) is 0 Å². The van der Waals surface area contributed by atoms with E-state index in [1.807, 2.05) is 0 Å². The van der Waals surface area contributed by atoms with Gasteiger partial charge in [0.1, 0.15) is 11.4 Å². The number of carboxylic acids is 1. The summed E-state index contributed by atoms with van der Waals surface area (Å²) in [7, 11) is 0. The number of anilines is 1. The summed E-state index contributed by atoms with van der Waals surface area (Å²) in [5.74, 6) is -2.39. The Morgan fingerprint density at radius 2 is 1.88 bits per heavy atom. The lowest BCUT2D eigenvalue weighted by molar-refractivity contribution is 0.0699. The van der Waals surface area contributed by atoms with Gasteiger partial charge >= 0.3 is 5.97 Å². The quantitative estimate of drug-likeness (QED) is 0.570. The predicted molar refractivity (Wildman–Crippen MR) is 101 cm³/mol. The molecule has 0 saturated carbocycles. The van der Waals surface area contributed by atoms with Crippen LogP contribution in [0.5, 0.6) is 0 Å². The van der Waals surface area contributed by atoms with Gasteiger partial charge in [-0.1, -0.05) is 35.3 Å². The Morgan fingerprint density at radius 3 is 2.54 bits per heavy atom. The molecule has 1 amide bonds. The van der Waals surface area contributed by atoms with E-state index in [9.17, 15) is 19.1 Å². The van der Waals surface area contributed by atoms with Crippen LogP contribution < -0.4 is 5.32 Å². The Labute approximate surface area is 161 Å². The molecule has 0 unspecified atom stereocenters. The molecular weight excluding hydrogens is 400 g/mol. The minimum Gasteiger partial charge on any atom is -0.478 e. The molecule has 8 heteroatoms. The van der Waals surface area contributed by atoms with E-state index in [0.29, 0.717) is 20.5 Å². The molecule has 0 aliphatic rings. The van der Waals surface area contributed by atoms with Gasteiger partial charge in [0, 0.05) is 21.5 Å². The van der Waals surface area contributed by atoms with E-state index in [0.717, 1.165) is 17.4 Å². The topological polar surface area (TPSA) is 66.4 Å². The molecule has 0 aliphatic heterocycles. The molecule has 3 aromatic rings. The number of nitrogens with one attached hydrogen (secondary N) is 1. The maximum atomic E-state index is 13.3. The SMILES string of the molecule is O=C(Nc1csc(-c2ccc(Cl)cc2Cl)c1C(=O)O)c1cccc(F)c1. The fraction of sp³-hybridized carbons (Fsp3) is 0. The summed E-state index contributed by atoms with van der Waals surface area (Å²) < 4.78 is 13.3. The van der Waals surface area contributed by atoms with Crippen molar-refractivity contribution in [2.45, 2.75) is 0 Å². The number of hydrogen-bond donors (Lipinski definition) is 2. The van der Waals surface area contributed by atoms with Crippen LogP contribution >= 0.6 is 34.5 Å². The Kier molecular flexibility index (Phi) is 5.27. The molecule has 2 aromatic carbocycles. The van der Waals surface area contributed by atoms with Gasteiger partial charge in [0.15, 0.2) is 0 Å². The Balaban J connectivity index is 2.00. The third-order valence-electron chi connectivity index (χ3n) is 3.52. The molecule has 132 valence electrons. The Bertz CT molecular complexity index is 1020. The van der Waals surface area contributed by atoms with E-state index in [1.165, 1.54) is 29.6 Å². The third-order valence-corrected chi connectivity index (χ3v) is 5.08. The van der Waals surface area contributed by atoms with E-state index in [-0.39, 0.29) is 16.8 Å². The fourth-order valence-corrected chi connectivity index (χ4v) is 3.95. The van der Waals surface area contributed by atoms with E-state index < -0.39 is 17.7 Å². The van der Waals surface area contributed by atoms with Gasteiger partial charge in [0.25, 0.3) is 5.91 Å². The van der Waals surface area contributed by atoms with Gasteiger partial charge in [-0.25, -0.2) is 9.18 Å². The van der Waals surface area contributed by atoms with Crippen molar-refractivity contribution in [3.63, 3.8) is 0 Å². The monoisotopic (exact) mass is 409 g/mol. The second-order valence-corrected chi connectivity index (χ2v) is 6.97. The number of rotatable bonds is 4. The molecule has 2 N–H and O–H groups in total. The molecule has 0 bridgehead atoms. The first kappa shape index (κ1) is 18.4. The molecule has 0 spiro atoms. The van der Waals surface area contributed by atoms with Crippen LogP contribution in [-0.2, 0) is 0 Å². The maximum Gasteiger partial charge on any atom is 0.339 e. The molecular formula is C18H10Cl2FNO3S. The minimum absolute atomic E-state index is 0.0821. The van der Waals surface area contributed by atoms with Crippen molar-refractivity contribution >= 4 is 52.1 Å². The zero-order valence-corrected chi connectivity index (χ0v) is 15.3. The summed E-state index contributed by atoms with van der Waals surface area (Å²) in [6.07, 6.45) is 0. The van der Waals surface area contributed by atoms with Crippen LogP contribution in [0.3, 0.4) is 0 Å². The van der Waals surface area contributed by atoms with E-state index in [4.69, 9.17) is 23.2 Å². The van der Waals surface area contributed by atoms with Gasteiger partial charge < -0.3 is 10.4 Å². The number of hydrogen-bond acceptors (Lipinski definition) is 3. The molecule has 26 heavy (non-hydrogen) atoms. The van der Waals surface area contributed by atoms with Crippen LogP contribution in [0.2, 0.25) is 10.0 Å². The lowest BCUT2D eigenvalue weighted by atomic mass is 10.1. The zero-order valence-electron chi connectivity index (χ0n) is 12.9. The standard InChI is InChI=1S/C18H10Cl2FNO3S/c19-10-4-5-12(13(20)7-10)16-15(18(24)25)14(8-26-16)22-17(23)9-2-1-3-11(21)6-9/h1-8H,(H,22,23)(H,24,25). The van der Waals surface area contributed by atoms with Crippen LogP contribution in [0.1, 0.15) is 20.7 Å². The van der Waals surface area contributed by atoms with E-state index >= 15 is 0 Å². The van der Waals surface area contributed by atoms with Crippen LogP contribution in [-0.4, -0.2) is 17.0 Å². The van der Waals surface area contributed by atoms with Crippen LogP contribution in [0.25, 0.3) is 10.4 Å². The molecule has 0 radical (unpaired) electrons. The number of carboxylic acid groups (broad SMARTS) is 1. The minimum atomic E-state index is -1.22. The van der Waals surface area contributed by atoms with Gasteiger partial charge in [-0.3, -0.25) is 4.79 Å². The number of halogens is 3. The third kappa shape index (κ3) is 3.72. The van der Waals surface area contributed by atoms with E-state index in [2.05, 4.69) is 5.32 Å². The second kappa shape index (κ2) is 7.45. The average Bonchev–Trinajstić information content (AvgIpc) is 2.98. The van der Waals surface area contributed by atoms with Crippen molar-refractivity contribution in [2.24, 2.45) is 0 Å². The summed E-state index contributed by atoms with van der Waals surface area (Å²) in [6, 6.07) is 9.83. The van der Waals surface area contributed by atoms with Crippen molar-refractivity contribution in [3.8, 4) is 10.4 Å². The fourth-order valence-electron chi connectivity index (χ4n) is 2.36. The largest absolute Gasteiger partial charge is 0.478 e. The number of carbonyl (C=O) groups is 2.